The van der Waals surface area contributed by atoms with Gasteiger partial charge < -0.3 is 4.74 Å². The molecule has 1 nitrogen and oxygen atoms in total. The highest BCUT2D eigenvalue weighted by molar-refractivity contribution is 5.33. The monoisotopic (exact) mass is 322 g/mol. The summed E-state index contributed by atoms with van der Waals surface area (Å²) < 4.78 is 31.8. The van der Waals surface area contributed by atoms with Crippen molar-refractivity contribution in [2.24, 2.45) is 0 Å². The molecular formula is C20H28F2O. The second kappa shape index (κ2) is 11.6. The van der Waals surface area contributed by atoms with E-state index >= 15 is 0 Å². The molecule has 0 aliphatic carbocycles. The Balaban J connectivity index is 0.00000149. The van der Waals surface area contributed by atoms with Crippen molar-refractivity contribution in [1.29, 1.82) is 0 Å². The third-order valence-electron chi connectivity index (χ3n) is 3.14. The van der Waals surface area contributed by atoms with E-state index in [4.69, 9.17) is 0 Å². The molecule has 23 heavy (non-hydrogen) atoms. The van der Waals surface area contributed by atoms with Crippen molar-refractivity contribution in [2.75, 3.05) is 7.11 Å². The lowest BCUT2D eigenvalue weighted by Gasteiger charge is -2.07. The summed E-state index contributed by atoms with van der Waals surface area (Å²) in [5.74, 6) is -2.39. The highest BCUT2D eigenvalue weighted by Crippen LogP contribution is 2.25. The minimum absolute atomic E-state index is 0.111. The summed E-state index contributed by atoms with van der Waals surface area (Å²) in [7, 11) is 1.24. The molecule has 0 unspecified atom stereocenters. The minimum atomic E-state index is -1.08. The largest absolute Gasteiger partial charge is 0.494 e. The Hall–Kier alpha value is -1.90. The molecule has 0 bridgehead atoms. The van der Waals surface area contributed by atoms with Gasteiger partial charge in [-0.25, -0.2) is 4.39 Å². The van der Waals surface area contributed by atoms with E-state index in [1.807, 2.05) is 24.3 Å². The Morgan fingerprint density at radius 1 is 0.957 bits per heavy atom. The summed E-state index contributed by atoms with van der Waals surface area (Å²) in [4.78, 5) is 0. The second-order valence-electron chi connectivity index (χ2n) is 5.24. The highest BCUT2D eigenvalue weighted by atomic mass is 19.2. The predicted molar refractivity (Wildman–Crippen MR) is 94.6 cm³/mol. The summed E-state index contributed by atoms with van der Waals surface area (Å²) >= 11 is 0. The molecule has 1 rings (SSSR count). The lowest BCUT2D eigenvalue weighted by molar-refractivity contribution is 0.280. The van der Waals surface area contributed by atoms with Gasteiger partial charge >= 0.3 is 0 Å². The van der Waals surface area contributed by atoms with Crippen LogP contribution in [0.3, 0.4) is 0 Å². The van der Waals surface area contributed by atoms with E-state index in [0.717, 1.165) is 12.0 Å². The Kier molecular flexibility index (Phi) is 10.7. The number of rotatable bonds is 7. The van der Waals surface area contributed by atoms with Crippen LogP contribution in [0.15, 0.2) is 60.4 Å². The summed E-state index contributed by atoms with van der Waals surface area (Å²) in [5.41, 5.74) is 2.43. The first kappa shape index (κ1) is 21.1. The molecule has 0 spiro atoms. The smallest absolute Gasteiger partial charge is 0.200 e. The number of aryl methyl sites for hydroxylation is 2. The molecule has 0 aromatic heterocycles. The summed E-state index contributed by atoms with van der Waals surface area (Å²) in [5, 5.41) is 0. The zero-order chi connectivity index (χ0) is 17.8. The summed E-state index contributed by atoms with van der Waals surface area (Å²) in [6.07, 6.45) is 3.19. The SMILES string of the molecule is C=C(CCc1ccc(CC)cc1)/C(F)=C(/F)C(=C)OC.CCC. The standard InChI is InChI=1S/C17H20F2O.C3H8/c1-5-14-8-10-15(11-9-14)7-6-12(2)16(18)17(19)13(3)20-4;1-3-2/h8-11H,2-3,5-7H2,1,4H3;3H2,1-2H3/b17-16-;. The maximum atomic E-state index is 13.7. The number of methoxy groups -OCH3 is 1. The van der Waals surface area contributed by atoms with Crippen LogP contribution in [0.5, 0.6) is 0 Å². The highest BCUT2D eigenvalue weighted by Gasteiger charge is 2.13. The van der Waals surface area contributed by atoms with Crippen molar-refractivity contribution >= 4 is 0 Å². The molecule has 1 aromatic rings. The van der Waals surface area contributed by atoms with Crippen LogP contribution >= 0.6 is 0 Å². The lowest BCUT2D eigenvalue weighted by Crippen LogP contribution is -1.94. The molecule has 3 heteroatoms. The van der Waals surface area contributed by atoms with E-state index in [-0.39, 0.29) is 11.3 Å². The molecule has 0 fully saturated rings. The van der Waals surface area contributed by atoms with Crippen LogP contribution in [0.1, 0.15) is 44.7 Å². The van der Waals surface area contributed by atoms with Crippen LogP contribution < -0.4 is 0 Å². The molecule has 0 radical (unpaired) electrons. The van der Waals surface area contributed by atoms with Gasteiger partial charge in [0.2, 0.25) is 0 Å². The molecule has 128 valence electrons. The molecule has 0 N–H and O–H groups in total. The van der Waals surface area contributed by atoms with E-state index in [2.05, 4.69) is 38.7 Å². The van der Waals surface area contributed by atoms with E-state index in [1.54, 1.807) is 0 Å². The first-order valence-electron chi connectivity index (χ1n) is 7.95. The van der Waals surface area contributed by atoms with Crippen molar-refractivity contribution in [3.05, 3.63) is 71.5 Å². The van der Waals surface area contributed by atoms with Crippen molar-refractivity contribution in [2.45, 2.75) is 46.5 Å². The van der Waals surface area contributed by atoms with Gasteiger partial charge in [0.25, 0.3) is 0 Å². The molecule has 0 heterocycles. The third-order valence-corrected chi connectivity index (χ3v) is 3.14. The van der Waals surface area contributed by atoms with E-state index in [9.17, 15) is 8.78 Å². The fraction of sp³-hybridized carbons (Fsp3) is 0.400. The first-order chi connectivity index (χ1) is 10.9. The quantitative estimate of drug-likeness (QED) is 0.413. The van der Waals surface area contributed by atoms with Crippen molar-refractivity contribution in [3.8, 4) is 0 Å². The molecule has 0 aliphatic rings. The number of hydrogen-bond acceptors (Lipinski definition) is 1. The maximum absolute atomic E-state index is 13.7. The minimum Gasteiger partial charge on any atom is -0.494 e. The molecule has 0 saturated heterocycles. The van der Waals surface area contributed by atoms with Crippen LogP contribution in [-0.2, 0) is 17.6 Å². The van der Waals surface area contributed by atoms with Crippen LogP contribution in [0.2, 0.25) is 0 Å². The molecule has 0 atom stereocenters. The van der Waals surface area contributed by atoms with Gasteiger partial charge in [0, 0.05) is 0 Å². The second-order valence-corrected chi connectivity index (χ2v) is 5.24. The van der Waals surface area contributed by atoms with Crippen LogP contribution in [-0.4, -0.2) is 7.11 Å². The first-order valence-corrected chi connectivity index (χ1v) is 7.95. The normalized spacial score (nSPS) is 11.0. The number of benzene rings is 1. The van der Waals surface area contributed by atoms with Gasteiger partial charge in [-0.1, -0.05) is 64.6 Å². The summed E-state index contributed by atoms with van der Waals surface area (Å²) in [6.45, 7) is 13.2. The van der Waals surface area contributed by atoms with Crippen LogP contribution in [0.4, 0.5) is 8.78 Å². The molecular weight excluding hydrogens is 294 g/mol. The van der Waals surface area contributed by atoms with Gasteiger partial charge in [0.15, 0.2) is 11.7 Å². The fourth-order valence-electron chi connectivity index (χ4n) is 1.71. The predicted octanol–water partition coefficient (Wildman–Crippen LogP) is 6.46. The number of allylic oxidation sites excluding steroid dienone is 3. The summed E-state index contributed by atoms with van der Waals surface area (Å²) in [6, 6.07) is 8.08. The van der Waals surface area contributed by atoms with Crippen LogP contribution in [0, 0.1) is 0 Å². The average Bonchev–Trinajstić information content (AvgIpc) is 2.58. The number of halogens is 2. The Labute approximate surface area is 139 Å². The van der Waals surface area contributed by atoms with E-state index in [0.29, 0.717) is 12.8 Å². The molecule has 0 amide bonds. The topological polar surface area (TPSA) is 9.23 Å². The average molecular weight is 322 g/mol. The molecule has 0 aliphatic heterocycles. The van der Waals surface area contributed by atoms with Gasteiger partial charge in [0.05, 0.1) is 7.11 Å². The van der Waals surface area contributed by atoms with Gasteiger partial charge in [-0.3, -0.25) is 0 Å². The fourth-order valence-corrected chi connectivity index (χ4v) is 1.71. The lowest BCUT2D eigenvalue weighted by atomic mass is 10.0. The zero-order valence-corrected chi connectivity index (χ0v) is 14.7. The van der Waals surface area contributed by atoms with Crippen molar-refractivity contribution in [1.82, 2.24) is 0 Å². The van der Waals surface area contributed by atoms with Gasteiger partial charge in [0.1, 0.15) is 5.76 Å². The van der Waals surface area contributed by atoms with Crippen molar-refractivity contribution in [3.63, 3.8) is 0 Å². The maximum Gasteiger partial charge on any atom is 0.200 e. The molecule has 1 aromatic carbocycles. The van der Waals surface area contributed by atoms with E-state index < -0.39 is 11.7 Å². The molecule has 0 saturated carbocycles. The van der Waals surface area contributed by atoms with Gasteiger partial charge in [-0.05, 0) is 36.0 Å². The van der Waals surface area contributed by atoms with E-state index in [1.165, 1.54) is 19.1 Å². The number of ether oxygens (including phenoxy) is 1. The van der Waals surface area contributed by atoms with Gasteiger partial charge in [-0.2, -0.15) is 4.39 Å². The Bertz CT molecular complexity index is 527. The van der Waals surface area contributed by atoms with Crippen molar-refractivity contribution < 1.29 is 13.5 Å². The zero-order valence-electron chi connectivity index (χ0n) is 14.7. The number of hydrogen-bond donors (Lipinski definition) is 0. The Morgan fingerprint density at radius 2 is 1.43 bits per heavy atom. The Morgan fingerprint density at radius 3 is 1.87 bits per heavy atom. The third kappa shape index (κ3) is 7.78. The van der Waals surface area contributed by atoms with Gasteiger partial charge in [-0.15, -0.1) is 0 Å². The van der Waals surface area contributed by atoms with Crippen LogP contribution in [0.25, 0.3) is 0 Å².